The summed E-state index contributed by atoms with van der Waals surface area (Å²) in [5.41, 5.74) is 0.991. The van der Waals surface area contributed by atoms with Crippen LogP contribution in [0.2, 0.25) is 0 Å². The van der Waals surface area contributed by atoms with Crippen LogP contribution >= 0.6 is 15.9 Å². The third-order valence-electron chi connectivity index (χ3n) is 3.87. The van der Waals surface area contributed by atoms with Gasteiger partial charge in [-0.25, -0.2) is 0 Å². The van der Waals surface area contributed by atoms with E-state index in [9.17, 15) is 4.79 Å². The van der Waals surface area contributed by atoms with E-state index in [1.54, 1.807) is 0 Å². The maximum atomic E-state index is 12.1. The van der Waals surface area contributed by atoms with Gasteiger partial charge < -0.3 is 5.32 Å². The molecule has 4 heteroatoms. The van der Waals surface area contributed by atoms with E-state index >= 15 is 0 Å². The van der Waals surface area contributed by atoms with Gasteiger partial charge in [-0.15, -0.1) is 0 Å². The molecule has 21 heavy (non-hydrogen) atoms. The third kappa shape index (κ3) is 4.82. The zero-order chi connectivity index (χ0) is 15.5. The number of nitrogens with zero attached hydrogens (tertiary/aromatic N) is 1. The van der Waals surface area contributed by atoms with E-state index in [-0.39, 0.29) is 17.4 Å². The van der Waals surface area contributed by atoms with Gasteiger partial charge in [0.05, 0.1) is 0 Å². The van der Waals surface area contributed by atoms with Gasteiger partial charge in [0, 0.05) is 29.0 Å². The number of likely N-dealkylation sites (tertiary alicyclic amines) is 1. The highest BCUT2D eigenvalue weighted by atomic mass is 79.9. The van der Waals surface area contributed by atoms with Gasteiger partial charge in [0.1, 0.15) is 0 Å². The molecule has 1 atom stereocenters. The van der Waals surface area contributed by atoms with E-state index in [2.05, 4.69) is 44.3 Å². The molecule has 3 nitrogen and oxygen atoms in total. The molecule has 1 aromatic rings. The number of rotatable bonds is 3. The summed E-state index contributed by atoms with van der Waals surface area (Å²) >= 11 is 3.61. The highest BCUT2D eigenvalue weighted by Gasteiger charge is 2.27. The van der Waals surface area contributed by atoms with Crippen LogP contribution in [0.3, 0.4) is 0 Å². The normalized spacial score (nSPS) is 20.3. The second kappa shape index (κ2) is 6.93. The van der Waals surface area contributed by atoms with Gasteiger partial charge >= 0.3 is 0 Å². The van der Waals surface area contributed by atoms with E-state index in [4.69, 9.17) is 0 Å². The van der Waals surface area contributed by atoms with E-state index in [0.717, 1.165) is 36.9 Å². The predicted molar refractivity (Wildman–Crippen MR) is 90.0 cm³/mol. The Morgan fingerprint density at radius 1 is 1.38 bits per heavy atom. The summed E-state index contributed by atoms with van der Waals surface area (Å²) in [6, 6.07) is 8.62. The topological polar surface area (TPSA) is 32.3 Å². The monoisotopic (exact) mass is 352 g/mol. The van der Waals surface area contributed by atoms with Crippen LogP contribution in [0, 0.1) is 5.41 Å². The fourth-order valence-corrected chi connectivity index (χ4v) is 3.00. The van der Waals surface area contributed by atoms with E-state index in [0.29, 0.717) is 0 Å². The first-order valence-electron chi connectivity index (χ1n) is 7.63. The molecule has 0 aliphatic carbocycles. The van der Waals surface area contributed by atoms with Gasteiger partial charge in [0.2, 0.25) is 5.91 Å². The fourth-order valence-electron chi connectivity index (χ4n) is 2.59. The number of hydrogen-bond donors (Lipinski definition) is 1. The lowest BCUT2D eigenvalue weighted by Gasteiger charge is -2.34. The Morgan fingerprint density at radius 3 is 2.76 bits per heavy atom. The third-order valence-corrected chi connectivity index (χ3v) is 4.65. The summed E-state index contributed by atoms with van der Waals surface area (Å²) in [7, 11) is 0. The largest absolute Gasteiger partial charge is 0.352 e. The first kappa shape index (κ1) is 16.5. The minimum Gasteiger partial charge on any atom is -0.352 e. The molecular formula is C17H25BrN2O. The minimum atomic E-state index is -0.315. The van der Waals surface area contributed by atoms with Gasteiger partial charge in [-0.2, -0.15) is 0 Å². The van der Waals surface area contributed by atoms with Crippen molar-refractivity contribution in [2.45, 2.75) is 46.2 Å². The lowest BCUT2D eigenvalue weighted by atomic mass is 9.94. The van der Waals surface area contributed by atoms with Crippen molar-refractivity contribution >= 4 is 21.8 Å². The summed E-state index contributed by atoms with van der Waals surface area (Å²) in [6.45, 7) is 8.85. The summed E-state index contributed by atoms with van der Waals surface area (Å²) in [5, 5.41) is 3.20. The number of carbonyl (C=O) groups is 1. The molecule has 0 spiro atoms. The van der Waals surface area contributed by atoms with E-state index in [1.807, 2.05) is 26.8 Å². The zero-order valence-corrected chi connectivity index (χ0v) is 14.7. The van der Waals surface area contributed by atoms with Gasteiger partial charge in [0.15, 0.2) is 0 Å². The molecule has 1 N–H and O–H groups in total. The zero-order valence-electron chi connectivity index (χ0n) is 13.2. The summed E-state index contributed by atoms with van der Waals surface area (Å²) in [5.74, 6) is 0.148. The Labute approximate surface area is 136 Å². The van der Waals surface area contributed by atoms with Gasteiger partial charge in [0.25, 0.3) is 0 Å². The first-order valence-corrected chi connectivity index (χ1v) is 8.42. The molecule has 1 saturated heterocycles. The van der Waals surface area contributed by atoms with Crippen molar-refractivity contribution in [3.63, 3.8) is 0 Å². The number of hydrogen-bond acceptors (Lipinski definition) is 2. The van der Waals surface area contributed by atoms with Crippen molar-refractivity contribution in [1.29, 1.82) is 0 Å². The quantitative estimate of drug-likeness (QED) is 0.901. The van der Waals surface area contributed by atoms with Crippen LogP contribution < -0.4 is 5.32 Å². The number of amides is 1. The SMILES string of the molecule is CC(C)(C)C(=O)NC1CCCN(Cc2ccccc2Br)C1. The standard InChI is InChI=1S/C17H25BrN2O/c1-17(2,3)16(21)19-14-8-6-10-20(12-14)11-13-7-4-5-9-15(13)18/h4-5,7,9,14H,6,8,10-12H2,1-3H3,(H,19,21). The number of piperidine rings is 1. The van der Waals surface area contributed by atoms with Crippen LogP contribution in [0.25, 0.3) is 0 Å². The highest BCUT2D eigenvalue weighted by Crippen LogP contribution is 2.21. The Balaban J connectivity index is 1.92. The molecular weight excluding hydrogens is 328 g/mol. The smallest absolute Gasteiger partial charge is 0.225 e. The summed E-state index contributed by atoms with van der Waals surface area (Å²) < 4.78 is 1.16. The van der Waals surface area contributed by atoms with Crippen LogP contribution in [0.1, 0.15) is 39.2 Å². The number of halogens is 1. The second-order valence-electron chi connectivity index (χ2n) is 6.89. The maximum Gasteiger partial charge on any atom is 0.225 e. The molecule has 1 aromatic carbocycles. The molecule has 1 fully saturated rings. The number of nitrogens with one attached hydrogen (secondary N) is 1. The Morgan fingerprint density at radius 2 is 2.10 bits per heavy atom. The molecule has 0 aromatic heterocycles. The first-order chi connectivity index (χ1) is 9.86. The maximum absolute atomic E-state index is 12.1. The lowest BCUT2D eigenvalue weighted by molar-refractivity contribution is -0.129. The van der Waals surface area contributed by atoms with Crippen molar-refractivity contribution in [2.75, 3.05) is 13.1 Å². The van der Waals surface area contributed by atoms with Crippen LogP contribution in [0.5, 0.6) is 0 Å². The Hall–Kier alpha value is -0.870. The van der Waals surface area contributed by atoms with Crippen LogP contribution in [-0.4, -0.2) is 29.9 Å². The highest BCUT2D eigenvalue weighted by molar-refractivity contribution is 9.10. The van der Waals surface area contributed by atoms with Crippen molar-refractivity contribution in [3.05, 3.63) is 34.3 Å². The van der Waals surface area contributed by atoms with Crippen molar-refractivity contribution in [3.8, 4) is 0 Å². The predicted octanol–water partition coefficient (Wildman–Crippen LogP) is 3.58. The van der Waals surface area contributed by atoms with Crippen molar-refractivity contribution < 1.29 is 4.79 Å². The number of carbonyl (C=O) groups excluding carboxylic acids is 1. The molecule has 1 aliphatic heterocycles. The van der Waals surface area contributed by atoms with Crippen LogP contribution in [-0.2, 0) is 11.3 Å². The molecule has 116 valence electrons. The van der Waals surface area contributed by atoms with Gasteiger partial charge in [-0.05, 0) is 31.0 Å². The van der Waals surface area contributed by atoms with Crippen molar-refractivity contribution in [1.82, 2.24) is 10.2 Å². The number of benzene rings is 1. The molecule has 2 rings (SSSR count). The average molecular weight is 353 g/mol. The second-order valence-corrected chi connectivity index (χ2v) is 7.74. The molecule has 1 unspecified atom stereocenters. The molecule has 0 bridgehead atoms. The fraction of sp³-hybridized carbons (Fsp3) is 0.588. The molecule has 0 radical (unpaired) electrons. The summed E-state index contributed by atoms with van der Waals surface area (Å²) in [6.07, 6.45) is 2.22. The van der Waals surface area contributed by atoms with Gasteiger partial charge in [-0.1, -0.05) is 54.9 Å². The Bertz CT molecular complexity index is 496. The molecule has 1 amide bonds. The van der Waals surface area contributed by atoms with Crippen LogP contribution in [0.4, 0.5) is 0 Å². The average Bonchev–Trinajstić information content (AvgIpc) is 2.41. The molecule has 1 aliphatic rings. The van der Waals surface area contributed by atoms with Crippen LogP contribution in [0.15, 0.2) is 28.7 Å². The lowest BCUT2D eigenvalue weighted by Crippen LogP contribution is -2.50. The van der Waals surface area contributed by atoms with E-state index in [1.165, 1.54) is 5.56 Å². The summed E-state index contributed by atoms with van der Waals surface area (Å²) in [4.78, 5) is 14.5. The van der Waals surface area contributed by atoms with E-state index < -0.39 is 0 Å². The minimum absolute atomic E-state index is 0.148. The van der Waals surface area contributed by atoms with Crippen molar-refractivity contribution in [2.24, 2.45) is 5.41 Å². The molecule has 0 saturated carbocycles. The Kier molecular flexibility index (Phi) is 5.44. The molecule has 1 heterocycles. The van der Waals surface area contributed by atoms with Gasteiger partial charge in [-0.3, -0.25) is 9.69 Å².